The topological polar surface area (TPSA) is 86.7 Å². The van der Waals surface area contributed by atoms with Gasteiger partial charge in [-0.2, -0.15) is 0 Å². The third-order valence-corrected chi connectivity index (χ3v) is 1.14. The van der Waals surface area contributed by atoms with Gasteiger partial charge in [0, 0.05) is 0 Å². The van der Waals surface area contributed by atoms with Gasteiger partial charge in [0.05, 0.1) is 24.9 Å². The van der Waals surface area contributed by atoms with Crippen molar-refractivity contribution in [2.75, 3.05) is 6.61 Å². The summed E-state index contributed by atoms with van der Waals surface area (Å²) in [5, 5.41) is 25.9. The van der Waals surface area contributed by atoms with Gasteiger partial charge in [0.25, 0.3) is 0 Å². The Morgan fingerprint density at radius 2 is 1.89 bits per heavy atom. The maximum Gasteiger partial charge on any atom is 0.0969 e. The number of hydrogen-bond donors (Lipinski definition) is 4. The molecule has 4 heteroatoms. The maximum atomic E-state index is 8.86. The highest BCUT2D eigenvalue weighted by Crippen LogP contribution is 1.94. The van der Waals surface area contributed by atoms with Crippen LogP contribution in [-0.4, -0.2) is 40.2 Å². The molecule has 0 aromatic carbocycles. The van der Waals surface area contributed by atoms with Gasteiger partial charge in [0.15, 0.2) is 0 Å². The number of aliphatic hydroxyl groups excluding tert-OH is 3. The van der Waals surface area contributed by atoms with Gasteiger partial charge in [-0.15, -0.1) is 0 Å². The molecule has 0 radical (unpaired) electrons. The fourth-order valence-electron chi connectivity index (χ4n) is 0.466. The van der Waals surface area contributed by atoms with Crippen LogP contribution in [0.4, 0.5) is 0 Å². The molecule has 5 N–H and O–H groups in total. The van der Waals surface area contributed by atoms with E-state index in [1.54, 1.807) is 0 Å². The molecule has 0 heterocycles. The van der Waals surface area contributed by atoms with E-state index in [9.17, 15) is 0 Å². The highest BCUT2D eigenvalue weighted by molar-refractivity contribution is 4.74. The lowest BCUT2D eigenvalue weighted by atomic mass is 10.1. The largest absolute Gasteiger partial charge is 0.395 e. The summed E-state index contributed by atoms with van der Waals surface area (Å²) in [6.07, 6.45) is -1.91. The summed E-state index contributed by atoms with van der Waals surface area (Å²) in [7, 11) is 0. The monoisotopic (exact) mass is 135 g/mol. The van der Waals surface area contributed by atoms with Crippen LogP contribution in [0.1, 0.15) is 6.92 Å². The minimum absolute atomic E-state index is 0.313. The van der Waals surface area contributed by atoms with Crippen LogP contribution >= 0.6 is 0 Å². The van der Waals surface area contributed by atoms with Crippen LogP contribution in [0.3, 0.4) is 0 Å². The molecular formula is C5H13NO3. The van der Waals surface area contributed by atoms with Crippen molar-refractivity contribution in [3.63, 3.8) is 0 Å². The Kier molecular flexibility index (Phi) is 3.72. The van der Waals surface area contributed by atoms with E-state index in [-0.39, 0.29) is 6.61 Å². The van der Waals surface area contributed by atoms with E-state index in [0.717, 1.165) is 0 Å². The van der Waals surface area contributed by atoms with Crippen LogP contribution in [-0.2, 0) is 0 Å². The SMILES string of the molecule is C[C@@H](O)[C@@H](O)[C@@H](N)CO. The van der Waals surface area contributed by atoms with Crippen LogP contribution in [0.25, 0.3) is 0 Å². The molecule has 0 aliphatic heterocycles. The van der Waals surface area contributed by atoms with Crippen molar-refractivity contribution in [3.8, 4) is 0 Å². The van der Waals surface area contributed by atoms with Crippen molar-refractivity contribution < 1.29 is 15.3 Å². The van der Waals surface area contributed by atoms with Gasteiger partial charge in [-0.3, -0.25) is 0 Å². The van der Waals surface area contributed by atoms with Gasteiger partial charge >= 0.3 is 0 Å². The molecule has 0 amide bonds. The molecule has 56 valence electrons. The quantitative estimate of drug-likeness (QED) is 0.362. The summed E-state index contributed by atoms with van der Waals surface area (Å²) < 4.78 is 0. The first-order chi connectivity index (χ1) is 4.09. The fraction of sp³-hybridized carbons (Fsp3) is 1.00. The van der Waals surface area contributed by atoms with Gasteiger partial charge in [-0.25, -0.2) is 0 Å². The van der Waals surface area contributed by atoms with Crippen molar-refractivity contribution in [1.29, 1.82) is 0 Å². The lowest BCUT2D eigenvalue weighted by Crippen LogP contribution is -2.44. The molecule has 0 saturated heterocycles. The maximum absolute atomic E-state index is 8.86. The number of hydrogen-bond acceptors (Lipinski definition) is 4. The predicted molar refractivity (Wildman–Crippen MR) is 32.7 cm³/mol. The van der Waals surface area contributed by atoms with Gasteiger partial charge in [-0.05, 0) is 6.92 Å². The fourth-order valence-corrected chi connectivity index (χ4v) is 0.466. The smallest absolute Gasteiger partial charge is 0.0969 e. The molecule has 0 fully saturated rings. The normalized spacial score (nSPS) is 21.0. The molecule has 4 nitrogen and oxygen atoms in total. The zero-order chi connectivity index (χ0) is 7.44. The Balaban J connectivity index is 3.58. The number of rotatable bonds is 3. The first-order valence-electron chi connectivity index (χ1n) is 2.82. The summed E-state index contributed by atoms with van der Waals surface area (Å²) in [6, 6.07) is -0.745. The molecule has 9 heavy (non-hydrogen) atoms. The zero-order valence-electron chi connectivity index (χ0n) is 5.36. The minimum atomic E-state index is -1.03. The van der Waals surface area contributed by atoms with E-state index in [1.807, 2.05) is 0 Å². The first-order valence-corrected chi connectivity index (χ1v) is 2.82. The molecule has 0 spiro atoms. The van der Waals surface area contributed by atoms with Crippen molar-refractivity contribution in [2.24, 2.45) is 5.73 Å². The van der Waals surface area contributed by atoms with Crippen molar-refractivity contribution >= 4 is 0 Å². The van der Waals surface area contributed by atoms with E-state index in [1.165, 1.54) is 6.92 Å². The molecule has 0 aliphatic carbocycles. The Hall–Kier alpha value is -0.160. The minimum Gasteiger partial charge on any atom is -0.395 e. The zero-order valence-corrected chi connectivity index (χ0v) is 5.36. The molecule has 0 aliphatic rings. The van der Waals surface area contributed by atoms with Crippen LogP contribution in [0, 0.1) is 0 Å². The highest BCUT2D eigenvalue weighted by Gasteiger charge is 2.18. The average molecular weight is 135 g/mol. The Morgan fingerprint density at radius 1 is 1.44 bits per heavy atom. The summed E-state index contributed by atoms with van der Waals surface area (Å²) in [6.45, 7) is 1.10. The van der Waals surface area contributed by atoms with Gasteiger partial charge < -0.3 is 21.1 Å². The molecule has 0 aromatic heterocycles. The number of aliphatic hydroxyl groups is 3. The van der Waals surface area contributed by atoms with Gasteiger partial charge in [-0.1, -0.05) is 0 Å². The van der Waals surface area contributed by atoms with Gasteiger partial charge in [0.2, 0.25) is 0 Å². The van der Waals surface area contributed by atoms with E-state index in [0.29, 0.717) is 0 Å². The summed E-state index contributed by atoms with van der Waals surface area (Å²) >= 11 is 0. The summed E-state index contributed by atoms with van der Waals surface area (Å²) in [4.78, 5) is 0. The van der Waals surface area contributed by atoms with Crippen LogP contribution < -0.4 is 5.73 Å². The molecular weight excluding hydrogens is 122 g/mol. The third-order valence-electron chi connectivity index (χ3n) is 1.14. The van der Waals surface area contributed by atoms with E-state index in [4.69, 9.17) is 21.1 Å². The Labute approximate surface area is 53.9 Å². The second-order valence-corrected chi connectivity index (χ2v) is 2.08. The van der Waals surface area contributed by atoms with Crippen molar-refractivity contribution in [1.82, 2.24) is 0 Å². The Bertz CT molecular complexity index is 76.6. The number of nitrogens with two attached hydrogens (primary N) is 1. The molecule has 3 atom stereocenters. The second kappa shape index (κ2) is 3.79. The second-order valence-electron chi connectivity index (χ2n) is 2.08. The third kappa shape index (κ3) is 2.76. The van der Waals surface area contributed by atoms with E-state index in [2.05, 4.69) is 0 Å². The molecule has 0 saturated carbocycles. The molecule has 0 bridgehead atoms. The van der Waals surface area contributed by atoms with Crippen molar-refractivity contribution in [2.45, 2.75) is 25.2 Å². The standard InChI is InChI=1S/C5H13NO3/c1-3(8)5(9)4(6)2-7/h3-5,7-9H,2,6H2,1H3/t3-,4+,5-/m1/s1. The average Bonchev–Trinajstić information content (AvgIpc) is 1.84. The van der Waals surface area contributed by atoms with Crippen LogP contribution in [0.15, 0.2) is 0 Å². The molecule has 0 unspecified atom stereocenters. The van der Waals surface area contributed by atoms with Crippen LogP contribution in [0.5, 0.6) is 0 Å². The molecule has 0 aromatic rings. The predicted octanol–water partition coefficient (Wildman–Crippen LogP) is -1.95. The van der Waals surface area contributed by atoms with Crippen LogP contribution in [0.2, 0.25) is 0 Å². The first kappa shape index (κ1) is 8.84. The van der Waals surface area contributed by atoms with E-state index >= 15 is 0 Å². The lowest BCUT2D eigenvalue weighted by Gasteiger charge is -2.18. The van der Waals surface area contributed by atoms with E-state index < -0.39 is 18.2 Å². The van der Waals surface area contributed by atoms with Gasteiger partial charge in [0.1, 0.15) is 0 Å². The Morgan fingerprint density at radius 3 is 2.00 bits per heavy atom. The lowest BCUT2D eigenvalue weighted by molar-refractivity contribution is 0.00296. The summed E-state index contributed by atoms with van der Waals surface area (Å²) in [5.41, 5.74) is 5.16. The summed E-state index contributed by atoms with van der Waals surface area (Å²) in [5.74, 6) is 0. The van der Waals surface area contributed by atoms with Crippen molar-refractivity contribution in [3.05, 3.63) is 0 Å². The highest BCUT2D eigenvalue weighted by atomic mass is 16.3. The molecule has 0 rings (SSSR count).